The van der Waals surface area contributed by atoms with Crippen molar-refractivity contribution in [3.8, 4) is 0 Å². The molecule has 1 aromatic heterocycles. The summed E-state index contributed by atoms with van der Waals surface area (Å²) in [7, 11) is 0. The van der Waals surface area contributed by atoms with Crippen molar-refractivity contribution < 1.29 is 8.81 Å². The van der Waals surface area contributed by atoms with E-state index in [0.717, 1.165) is 43.2 Å². The molecule has 0 aliphatic carbocycles. The van der Waals surface area contributed by atoms with Crippen molar-refractivity contribution in [2.45, 2.75) is 33.2 Å². The van der Waals surface area contributed by atoms with Crippen molar-refractivity contribution >= 4 is 5.96 Å². The van der Waals surface area contributed by atoms with Crippen molar-refractivity contribution in [3.63, 3.8) is 0 Å². The van der Waals surface area contributed by atoms with Crippen LogP contribution in [0.15, 0.2) is 46.0 Å². The maximum absolute atomic E-state index is 13.6. The number of guanidine groups is 1. The summed E-state index contributed by atoms with van der Waals surface area (Å²) in [4.78, 5) is 4.52. The fraction of sp³-hybridized carbons (Fsp3) is 0.389. The summed E-state index contributed by atoms with van der Waals surface area (Å²) in [5, 5.41) is 6.53. The Hall–Kier alpha value is -2.30. The van der Waals surface area contributed by atoms with Gasteiger partial charge in [0.1, 0.15) is 11.6 Å². The maximum Gasteiger partial charge on any atom is 0.191 e. The molecule has 5 heteroatoms. The maximum atomic E-state index is 13.6. The highest BCUT2D eigenvalue weighted by Gasteiger charge is 2.02. The predicted octanol–water partition coefficient (Wildman–Crippen LogP) is 3.42. The Balaban J connectivity index is 1.91. The van der Waals surface area contributed by atoms with E-state index in [-0.39, 0.29) is 5.82 Å². The molecule has 0 saturated heterocycles. The van der Waals surface area contributed by atoms with E-state index in [0.29, 0.717) is 12.1 Å². The third kappa shape index (κ3) is 5.77. The van der Waals surface area contributed by atoms with Crippen LogP contribution in [0.2, 0.25) is 0 Å². The SMILES string of the molecule is CCCNC(=NCc1ccc(C)c(F)c1)NCCc1ccco1. The van der Waals surface area contributed by atoms with Gasteiger partial charge in [-0.3, -0.25) is 0 Å². The summed E-state index contributed by atoms with van der Waals surface area (Å²) >= 11 is 0. The molecule has 23 heavy (non-hydrogen) atoms. The number of rotatable bonds is 7. The van der Waals surface area contributed by atoms with Gasteiger partial charge < -0.3 is 15.1 Å². The van der Waals surface area contributed by atoms with Crippen LogP contribution in [-0.4, -0.2) is 19.0 Å². The number of aliphatic imine (C=N–C) groups is 1. The zero-order chi connectivity index (χ0) is 16.5. The molecule has 0 spiro atoms. The minimum absolute atomic E-state index is 0.188. The van der Waals surface area contributed by atoms with Gasteiger partial charge >= 0.3 is 0 Å². The number of nitrogens with zero attached hydrogens (tertiary/aromatic N) is 1. The first-order valence-electron chi connectivity index (χ1n) is 7.98. The number of benzene rings is 1. The molecule has 0 saturated carbocycles. The Labute approximate surface area is 136 Å². The summed E-state index contributed by atoms with van der Waals surface area (Å²) in [5.41, 5.74) is 1.51. The second-order valence-corrected chi connectivity index (χ2v) is 5.43. The first-order chi connectivity index (χ1) is 11.2. The molecule has 2 aromatic rings. The first-order valence-corrected chi connectivity index (χ1v) is 7.98. The lowest BCUT2D eigenvalue weighted by Crippen LogP contribution is -2.38. The number of nitrogens with one attached hydrogen (secondary N) is 2. The van der Waals surface area contributed by atoms with Crippen LogP contribution in [-0.2, 0) is 13.0 Å². The van der Waals surface area contributed by atoms with Crippen molar-refractivity contribution in [2.75, 3.05) is 13.1 Å². The third-order valence-corrected chi connectivity index (χ3v) is 3.44. The Morgan fingerprint density at radius 1 is 1.22 bits per heavy atom. The van der Waals surface area contributed by atoms with Gasteiger partial charge in [0.15, 0.2) is 5.96 Å². The second-order valence-electron chi connectivity index (χ2n) is 5.43. The van der Waals surface area contributed by atoms with E-state index in [4.69, 9.17) is 4.42 Å². The molecule has 2 rings (SSSR count). The van der Waals surface area contributed by atoms with E-state index in [1.807, 2.05) is 18.2 Å². The van der Waals surface area contributed by atoms with Gasteiger partial charge in [0.05, 0.1) is 12.8 Å². The van der Waals surface area contributed by atoms with Gasteiger partial charge in [-0.2, -0.15) is 0 Å². The molecule has 1 heterocycles. The average molecular weight is 317 g/mol. The summed E-state index contributed by atoms with van der Waals surface area (Å²) < 4.78 is 18.9. The van der Waals surface area contributed by atoms with Crippen LogP contribution < -0.4 is 10.6 Å². The van der Waals surface area contributed by atoms with E-state index in [2.05, 4.69) is 22.5 Å². The molecule has 0 aliphatic heterocycles. The molecular formula is C18H24FN3O. The topological polar surface area (TPSA) is 49.6 Å². The van der Waals surface area contributed by atoms with Gasteiger partial charge in [0.2, 0.25) is 0 Å². The van der Waals surface area contributed by atoms with E-state index in [1.165, 1.54) is 0 Å². The van der Waals surface area contributed by atoms with E-state index in [9.17, 15) is 4.39 Å². The molecule has 0 unspecified atom stereocenters. The van der Waals surface area contributed by atoms with Crippen LogP contribution in [0.5, 0.6) is 0 Å². The molecule has 2 N–H and O–H groups in total. The zero-order valence-corrected chi connectivity index (χ0v) is 13.7. The fourth-order valence-electron chi connectivity index (χ4n) is 2.08. The van der Waals surface area contributed by atoms with Crippen LogP contribution in [0, 0.1) is 12.7 Å². The molecule has 0 radical (unpaired) electrons. The van der Waals surface area contributed by atoms with Gasteiger partial charge in [-0.25, -0.2) is 9.38 Å². The molecular weight excluding hydrogens is 293 g/mol. The molecule has 1 aromatic carbocycles. The molecule has 0 aliphatic rings. The summed E-state index contributed by atoms with van der Waals surface area (Å²) in [6, 6.07) is 9.06. The smallest absolute Gasteiger partial charge is 0.191 e. The summed E-state index contributed by atoms with van der Waals surface area (Å²) in [6.45, 7) is 5.87. The second kappa shape index (κ2) is 8.98. The van der Waals surface area contributed by atoms with Crippen molar-refractivity contribution in [2.24, 2.45) is 4.99 Å². The number of aryl methyl sites for hydroxylation is 1. The number of furan rings is 1. The van der Waals surface area contributed by atoms with Crippen LogP contribution in [0.1, 0.15) is 30.2 Å². The standard InChI is InChI=1S/C18H24FN3O/c1-3-9-20-18(21-10-8-16-5-4-11-23-16)22-13-15-7-6-14(2)17(19)12-15/h4-7,11-12H,3,8-10,13H2,1-2H3,(H2,20,21,22). The number of halogens is 1. The summed E-state index contributed by atoms with van der Waals surface area (Å²) in [5.74, 6) is 1.49. The zero-order valence-electron chi connectivity index (χ0n) is 13.7. The molecule has 0 atom stereocenters. The molecule has 0 bridgehead atoms. The van der Waals surface area contributed by atoms with Gasteiger partial charge in [-0.05, 0) is 42.7 Å². The van der Waals surface area contributed by atoms with Gasteiger partial charge in [-0.1, -0.05) is 19.1 Å². The Morgan fingerprint density at radius 3 is 2.74 bits per heavy atom. The monoisotopic (exact) mass is 317 g/mol. The summed E-state index contributed by atoms with van der Waals surface area (Å²) in [6.07, 6.45) is 3.47. The average Bonchev–Trinajstić information content (AvgIpc) is 3.06. The van der Waals surface area contributed by atoms with Gasteiger partial charge in [0.25, 0.3) is 0 Å². The number of hydrogen-bond donors (Lipinski definition) is 2. The highest BCUT2D eigenvalue weighted by atomic mass is 19.1. The van der Waals surface area contributed by atoms with E-state index in [1.54, 1.807) is 25.3 Å². The lowest BCUT2D eigenvalue weighted by Gasteiger charge is -2.11. The normalized spacial score (nSPS) is 11.5. The lowest BCUT2D eigenvalue weighted by molar-refractivity contribution is 0.506. The first kappa shape index (κ1) is 17.1. The fourth-order valence-corrected chi connectivity index (χ4v) is 2.08. The molecule has 0 fully saturated rings. The number of hydrogen-bond acceptors (Lipinski definition) is 2. The van der Waals surface area contributed by atoms with Crippen LogP contribution in [0.25, 0.3) is 0 Å². The lowest BCUT2D eigenvalue weighted by atomic mass is 10.1. The van der Waals surface area contributed by atoms with Gasteiger partial charge in [-0.15, -0.1) is 0 Å². The minimum Gasteiger partial charge on any atom is -0.469 e. The molecule has 4 nitrogen and oxygen atoms in total. The minimum atomic E-state index is -0.188. The largest absolute Gasteiger partial charge is 0.469 e. The van der Waals surface area contributed by atoms with Crippen LogP contribution >= 0.6 is 0 Å². The predicted molar refractivity (Wildman–Crippen MR) is 91.0 cm³/mol. The quantitative estimate of drug-likeness (QED) is 0.608. The van der Waals surface area contributed by atoms with E-state index >= 15 is 0 Å². The Bertz CT molecular complexity index is 623. The molecule has 124 valence electrons. The van der Waals surface area contributed by atoms with Crippen molar-refractivity contribution in [3.05, 3.63) is 59.3 Å². The highest BCUT2D eigenvalue weighted by molar-refractivity contribution is 5.79. The van der Waals surface area contributed by atoms with Crippen molar-refractivity contribution in [1.29, 1.82) is 0 Å². The third-order valence-electron chi connectivity index (χ3n) is 3.44. The van der Waals surface area contributed by atoms with E-state index < -0.39 is 0 Å². The van der Waals surface area contributed by atoms with Gasteiger partial charge in [0, 0.05) is 19.5 Å². The van der Waals surface area contributed by atoms with Crippen LogP contribution in [0.4, 0.5) is 4.39 Å². The van der Waals surface area contributed by atoms with Crippen LogP contribution in [0.3, 0.4) is 0 Å². The van der Waals surface area contributed by atoms with Crippen molar-refractivity contribution in [1.82, 2.24) is 10.6 Å². The Kier molecular flexibility index (Phi) is 6.66. The molecule has 0 amide bonds. The highest BCUT2D eigenvalue weighted by Crippen LogP contribution is 2.10. The Morgan fingerprint density at radius 2 is 2.04 bits per heavy atom.